The molecule has 174 valence electrons. The van der Waals surface area contributed by atoms with Crippen LogP contribution in [-0.4, -0.2) is 26.5 Å². The number of pyridine rings is 1. The second-order valence-corrected chi connectivity index (χ2v) is 10.1. The summed E-state index contributed by atoms with van der Waals surface area (Å²) in [6.07, 6.45) is 9.55. The van der Waals surface area contributed by atoms with Crippen molar-refractivity contribution < 1.29 is 4.79 Å². The van der Waals surface area contributed by atoms with Crippen molar-refractivity contribution in [2.45, 2.75) is 62.5 Å². The summed E-state index contributed by atoms with van der Waals surface area (Å²) < 4.78 is 2.22. The summed E-state index contributed by atoms with van der Waals surface area (Å²) in [6.45, 7) is 2.80. The predicted octanol–water partition coefficient (Wildman–Crippen LogP) is 6.14. The number of thioether (sulfide) groups is 1. The van der Waals surface area contributed by atoms with Crippen LogP contribution in [0.4, 0.5) is 0 Å². The normalized spacial score (nSPS) is 14.4. The lowest BCUT2D eigenvalue weighted by Gasteiger charge is -2.22. The maximum Gasteiger partial charge on any atom is 0.251 e. The van der Waals surface area contributed by atoms with Gasteiger partial charge in [0.2, 0.25) is 0 Å². The van der Waals surface area contributed by atoms with E-state index >= 15 is 0 Å². The Kier molecular flexibility index (Phi) is 6.95. The molecule has 1 N–H and O–H groups in total. The molecule has 0 atom stereocenters. The van der Waals surface area contributed by atoms with Crippen molar-refractivity contribution in [1.82, 2.24) is 19.9 Å². The monoisotopic (exact) mass is 470 g/mol. The number of benzene rings is 2. The third kappa shape index (κ3) is 5.33. The number of carbonyl (C=O) groups is 1. The van der Waals surface area contributed by atoms with Gasteiger partial charge in [0.25, 0.3) is 5.91 Å². The van der Waals surface area contributed by atoms with Gasteiger partial charge in [0.15, 0.2) is 5.16 Å². The molecule has 0 unspecified atom stereocenters. The standard InChI is InChI=1S/C28H30N4OS/c1-20-6-5-7-22(16-20)19-34-28-31-25-14-15-29-17-26(25)32(28)18-21-10-12-23(13-11-21)27(33)30-24-8-3-2-4-9-24/h5-7,10-17,24H,2-4,8-9,18-19H2,1H3,(H,30,33). The number of hydrogen-bond acceptors (Lipinski definition) is 4. The number of nitrogens with one attached hydrogen (secondary N) is 1. The fraction of sp³-hybridized carbons (Fsp3) is 0.321. The van der Waals surface area contributed by atoms with Crippen molar-refractivity contribution >= 4 is 28.7 Å². The Morgan fingerprint density at radius 3 is 2.68 bits per heavy atom. The second-order valence-electron chi connectivity index (χ2n) is 9.13. The van der Waals surface area contributed by atoms with Crippen LogP contribution in [0.1, 0.15) is 59.2 Å². The van der Waals surface area contributed by atoms with Crippen molar-refractivity contribution in [2.24, 2.45) is 0 Å². The third-order valence-electron chi connectivity index (χ3n) is 6.46. The Labute approximate surface area is 205 Å². The minimum Gasteiger partial charge on any atom is -0.349 e. The number of aromatic nitrogens is 3. The van der Waals surface area contributed by atoms with Crippen LogP contribution >= 0.6 is 11.8 Å². The number of rotatable bonds is 7. The number of hydrogen-bond donors (Lipinski definition) is 1. The van der Waals surface area contributed by atoms with Crippen molar-refractivity contribution in [3.05, 3.63) is 89.2 Å². The van der Waals surface area contributed by atoms with Crippen molar-refractivity contribution in [3.63, 3.8) is 0 Å². The fourth-order valence-electron chi connectivity index (χ4n) is 4.62. The highest BCUT2D eigenvalue weighted by Crippen LogP contribution is 2.28. The molecule has 1 amide bonds. The zero-order valence-corrected chi connectivity index (χ0v) is 20.4. The molecule has 1 aliphatic carbocycles. The number of imidazole rings is 1. The summed E-state index contributed by atoms with van der Waals surface area (Å²) in [5, 5.41) is 4.18. The highest BCUT2D eigenvalue weighted by Gasteiger charge is 2.17. The van der Waals surface area contributed by atoms with Gasteiger partial charge in [0, 0.05) is 23.6 Å². The summed E-state index contributed by atoms with van der Waals surface area (Å²) in [6, 6.07) is 18.8. The Bertz CT molecular complexity index is 1280. The second kappa shape index (κ2) is 10.4. The maximum atomic E-state index is 12.7. The van der Waals surface area contributed by atoms with Crippen LogP contribution in [0.15, 0.2) is 72.1 Å². The summed E-state index contributed by atoms with van der Waals surface area (Å²) in [5.41, 5.74) is 6.38. The van der Waals surface area contributed by atoms with Crippen LogP contribution in [0.5, 0.6) is 0 Å². The molecule has 2 heterocycles. The van der Waals surface area contributed by atoms with E-state index < -0.39 is 0 Å². The molecule has 5 rings (SSSR count). The minimum absolute atomic E-state index is 0.0325. The molecule has 0 aliphatic heterocycles. The van der Waals surface area contributed by atoms with Crippen LogP contribution in [0.2, 0.25) is 0 Å². The van der Waals surface area contributed by atoms with Gasteiger partial charge in [-0.05, 0) is 49.1 Å². The Hall–Kier alpha value is -3.12. The van der Waals surface area contributed by atoms with Gasteiger partial charge >= 0.3 is 0 Å². The zero-order valence-electron chi connectivity index (χ0n) is 19.5. The lowest BCUT2D eigenvalue weighted by atomic mass is 9.95. The molecule has 0 bridgehead atoms. The molecule has 1 saturated carbocycles. The molecule has 34 heavy (non-hydrogen) atoms. The molecule has 2 aromatic carbocycles. The van der Waals surface area contributed by atoms with Gasteiger partial charge in [-0.15, -0.1) is 0 Å². The average Bonchev–Trinajstić information content (AvgIpc) is 3.21. The highest BCUT2D eigenvalue weighted by molar-refractivity contribution is 7.98. The number of fused-ring (bicyclic) bond motifs is 1. The van der Waals surface area contributed by atoms with E-state index in [2.05, 4.69) is 46.1 Å². The van der Waals surface area contributed by atoms with Crippen molar-refractivity contribution in [2.75, 3.05) is 0 Å². The number of amides is 1. The molecule has 4 aromatic rings. The molecule has 5 nitrogen and oxygen atoms in total. The van der Waals surface area contributed by atoms with Gasteiger partial charge in [0.1, 0.15) is 0 Å². The molecular formula is C28H30N4OS. The van der Waals surface area contributed by atoms with Crippen LogP contribution in [0.3, 0.4) is 0 Å². The molecule has 0 spiro atoms. The topological polar surface area (TPSA) is 59.8 Å². The third-order valence-corrected chi connectivity index (χ3v) is 7.51. The van der Waals surface area contributed by atoms with Crippen LogP contribution in [-0.2, 0) is 12.3 Å². The minimum atomic E-state index is 0.0325. The summed E-state index contributed by atoms with van der Waals surface area (Å²) in [5.74, 6) is 0.892. The SMILES string of the molecule is Cc1cccc(CSc2nc3ccncc3n2Cc2ccc(C(=O)NC3CCCCC3)cc2)c1. The summed E-state index contributed by atoms with van der Waals surface area (Å²) in [4.78, 5) is 21.9. The first-order chi connectivity index (χ1) is 16.7. The fourth-order valence-corrected chi connectivity index (χ4v) is 5.58. The van der Waals surface area contributed by atoms with E-state index in [1.165, 1.54) is 30.4 Å². The first-order valence-corrected chi connectivity index (χ1v) is 13.0. The number of nitrogens with zero attached hydrogens (tertiary/aromatic N) is 3. The number of carbonyl (C=O) groups excluding carboxylic acids is 1. The molecule has 6 heteroatoms. The van der Waals surface area contributed by atoms with Crippen LogP contribution in [0.25, 0.3) is 11.0 Å². The quantitative estimate of drug-likeness (QED) is 0.330. The van der Waals surface area contributed by atoms with E-state index in [9.17, 15) is 4.79 Å². The van der Waals surface area contributed by atoms with E-state index in [4.69, 9.17) is 4.98 Å². The first-order valence-electron chi connectivity index (χ1n) is 12.0. The summed E-state index contributed by atoms with van der Waals surface area (Å²) >= 11 is 1.74. The van der Waals surface area contributed by atoms with E-state index in [-0.39, 0.29) is 5.91 Å². The van der Waals surface area contributed by atoms with E-state index in [1.54, 1.807) is 18.0 Å². The van der Waals surface area contributed by atoms with E-state index in [1.807, 2.05) is 36.5 Å². The van der Waals surface area contributed by atoms with Crippen molar-refractivity contribution in [1.29, 1.82) is 0 Å². The van der Waals surface area contributed by atoms with Gasteiger partial charge in [-0.3, -0.25) is 9.78 Å². The Balaban J connectivity index is 1.32. The lowest BCUT2D eigenvalue weighted by Crippen LogP contribution is -2.36. The molecule has 1 fully saturated rings. The molecule has 0 radical (unpaired) electrons. The van der Waals surface area contributed by atoms with Crippen molar-refractivity contribution in [3.8, 4) is 0 Å². The summed E-state index contributed by atoms with van der Waals surface area (Å²) in [7, 11) is 0. The van der Waals surface area contributed by atoms with Gasteiger partial charge in [-0.1, -0.05) is 73.0 Å². The molecule has 1 aliphatic rings. The maximum absolute atomic E-state index is 12.7. The van der Waals surface area contributed by atoms with Gasteiger partial charge < -0.3 is 9.88 Å². The van der Waals surface area contributed by atoms with E-state index in [0.29, 0.717) is 12.6 Å². The van der Waals surface area contributed by atoms with Gasteiger partial charge in [0.05, 0.1) is 23.8 Å². The van der Waals surface area contributed by atoms with Gasteiger partial charge in [-0.2, -0.15) is 0 Å². The Morgan fingerprint density at radius 1 is 1.06 bits per heavy atom. The average molecular weight is 471 g/mol. The van der Waals surface area contributed by atoms with Crippen LogP contribution < -0.4 is 5.32 Å². The predicted molar refractivity (Wildman–Crippen MR) is 138 cm³/mol. The largest absolute Gasteiger partial charge is 0.349 e. The van der Waals surface area contributed by atoms with Crippen LogP contribution in [0, 0.1) is 6.92 Å². The molecule has 0 saturated heterocycles. The Morgan fingerprint density at radius 2 is 1.88 bits per heavy atom. The lowest BCUT2D eigenvalue weighted by molar-refractivity contribution is 0.0927. The zero-order chi connectivity index (χ0) is 23.3. The highest BCUT2D eigenvalue weighted by atomic mass is 32.2. The number of aryl methyl sites for hydroxylation is 1. The first kappa shape index (κ1) is 22.7. The molecular weight excluding hydrogens is 440 g/mol. The molecule has 2 aromatic heterocycles. The van der Waals surface area contributed by atoms with E-state index in [0.717, 1.165) is 45.9 Å². The van der Waals surface area contributed by atoms with Gasteiger partial charge in [-0.25, -0.2) is 4.98 Å². The smallest absolute Gasteiger partial charge is 0.251 e.